The molecule has 2 heterocycles. The van der Waals surface area contributed by atoms with Crippen LogP contribution in [0.1, 0.15) is 55.8 Å². The summed E-state index contributed by atoms with van der Waals surface area (Å²) < 4.78 is 1.87. The molecule has 7 heteroatoms. The Balaban J connectivity index is 1.67. The number of benzene rings is 2. The predicted octanol–water partition coefficient (Wildman–Crippen LogP) is 4.74. The van der Waals surface area contributed by atoms with Crippen LogP contribution in [0, 0.1) is 6.92 Å². The summed E-state index contributed by atoms with van der Waals surface area (Å²) in [5.41, 5.74) is 5.90. The fourth-order valence-electron chi connectivity index (χ4n) is 4.16. The Labute approximate surface area is 193 Å². The zero-order chi connectivity index (χ0) is 23.2. The van der Waals surface area contributed by atoms with Crippen LogP contribution in [-0.4, -0.2) is 30.2 Å². The van der Waals surface area contributed by atoms with E-state index in [1.54, 1.807) is 0 Å². The van der Waals surface area contributed by atoms with E-state index in [9.17, 15) is 4.79 Å². The van der Waals surface area contributed by atoms with Crippen molar-refractivity contribution in [2.24, 2.45) is 0 Å². The van der Waals surface area contributed by atoms with Crippen molar-refractivity contribution >= 4 is 0 Å². The van der Waals surface area contributed by atoms with E-state index >= 15 is 0 Å². The van der Waals surface area contributed by atoms with Gasteiger partial charge in [-0.1, -0.05) is 75.2 Å². The molecule has 0 atom stereocenters. The van der Waals surface area contributed by atoms with Crippen molar-refractivity contribution in [3.8, 4) is 22.5 Å². The van der Waals surface area contributed by atoms with Crippen LogP contribution < -0.4 is 5.56 Å². The second-order valence-electron chi connectivity index (χ2n) is 8.31. The minimum atomic E-state index is 0.0991. The predicted molar refractivity (Wildman–Crippen MR) is 130 cm³/mol. The fraction of sp³-hybridized carbons (Fsp3) is 0.346. The highest BCUT2D eigenvalue weighted by Crippen LogP contribution is 2.29. The smallest absolute Gasteiger partial charge is 0.257 e. The molecule has 0 spiro atoms. The molecule has 0 aliphatic rings. The molecule has 33 heavy (non-hydrogen) atoms. The van der Waals surface area contributed by atoms with Gasteiger partial charge in [0.2, 0.25) is 5.82 Å². The van der Waals surface area contributed by atoms with Gasteiger partial charge in [0.05, 0.1) is 6.54 Å². The summed E-state index contributed by atoms with van der Waals surface area (Å²) in [7, 11) is 0. The Kier molecular flexibility index (Phi) is 7.07. The maximum atomic E-state index is 13.3. The molecule has 0 fully saturated rings. The molecule has 0 aliphatic carbocycles. The van der Waals surface area contributed by atoms with Gasteiger partial charge in [0.15, 0.2) is 0 Å². The third kappa shape index (κ3) is 4.92. The first-order valence-corrected chi connectivity index (χ1v) is 11.6. The summed E-state index contributed by atoms with van der Waals surface area (Å²) in [6.07, 6.45) is 4.60. The lowest BCUT2D eigenvalue weighted by Gasteiger charge is -2.16. The molecule has 1 N–H and O–H groups in total. The van der Waals surface area contributed by atoms with Crippen LogP contribution in [0.25, 0.3) is 22.5 Å². The molecule has 2 aromatic carbocycles. The van der Waals surface area contributed by atoms with Crippen molar-refractivity contribution < 1.29 is 0 Å². The Morgan fingerprint density at radius 3 is 2.36 bits per heavy atom. The summed E-state index contributed by atoms with van der Waals surface area (Å²) in [6, 6.07) is 16.3. The summed E-state index contributed by atoms with van der Waals surface area (Å²) in [4.78, 5) is 18.2. The van der Waals surface area contributed by atoms with Gasteiger partial charge in [-0.3, -0.25) is 9.36 Å². The lowest BCUT2D eigenvalue weighted by molar-refractivity contribution is 0.621. The zero-order valence-electron chi connectivity index (χ0n) is 19.5. The van der Waals surface area contributed by atoms with Crippen LogP contribution in [0.3, 0.4) is 0 Å². The molecule has 0 unspecified atom stereocenters. The van der Waals surface area contributed by atoms with Crippen molar-refractivity contribution in [2.45, 2.75) is 59.4 Å². The van der Waals surface area contributed by atoms with E-state index in [1.807, 2.05) is 29.7 Å². The Bertz CT molecular complexity index is 1260. The largest absolute Gasteiger partial charge is 0.292 e. The minimum absolute atomic E-state index is 0.0991. The molecule has 4 rings (SSSR count). The van der Waals surface area contributed by atoms with Gasteiger partial charge in [-0.25, -0.2) is 4.98 Å². The number of unbranched alkanes of at least 4 members (excludes halogenated alkanes) is 1. The first kappa shape index (κ1) is 22.6. The number of rotatable bonds is 9. The van der Waals surface area contributed by atoms with Crippen molar-refractivity contribution in [1.82, 2.24) is 30.2 Å². The minimum Gasteiger partial charge on any atom is -0.292 e. The molecular formula is C26H30N6O. The van der Waals surface area contributed by atoms with Crippen LogP contribution in [0.5, 0.6) is 0 Å². The third-order valence-corrected chi connectivity index (χ3v) is 5.92. The number of aryl methyl sites for hydroxylation is 2. The lowest BCUT2D eigenvalue weighted by Crippen LogP contribution is -2.30. The molecule has 0 bridgehead atoms. The summed E-state index contributed by atoms with van der Waals surface area (Å²) in [5, 5.41) is 14.5. The second kappa shape index (κ2) is 10.3. The molecule has 0 saturated heterocycles. The monoisotopic (exact) mass is 442 g/mol. The van der Waals surface area contributed by atoms with Gasteiger partial charge >= 0.3 is 0 Å². The number of nitrogens with one attached hydrogen (secondary N) is 1. The van der Waals surface area contributed by atoms with Crippen LogP contribution in [0.4, 0.5) is 0 Å². The molecule has 0 radical (unpaired) electrons. The van der Waals surface area contributed by atoms with E-state index in [-0.39, 0.29) is 5.56 Å². The van der Waals surface area contributed by atoms with Crippen LogP contribution in [0.2, 0.25) is 0 Å². The number of tetrazole rings is 1. The van der Waals surface area contributed by atoms with E-state index < -0.39 is 0 Å². The van der Waals surface area contributed by atoms with Crippen molar-refractivity contribution in [3.05, 3.63) is 81.5 Å². The highest BCUT2D eigenvalue weighted by atomic mass is 16.1. The van der Waals surface area contributed by atoms with Crippen LogP contribution in [-0.2, 0) is 19.4 Å². The second-order valence-corrected chi connectivity index (χ2v) is 8.31. The highest BCUT2D eigenvalue weighted by molar-refractivity contribution is 5.80. The highest BCUT2D eigenvalue weighted by Gasteiger charge is 2.15. The quantitative estimate of drug-likeness (QED) is 0.404. The average Bonchev–Trinajstić information content (AvgIpc) is 3.38. The Morgan fingerprint density at radius 1 is 0.939 bits per heavy atom. The first-order chi connectivity index (χ1) is 16.1. The zero-order valence-corrected chi connectivity index (χ0v) is 19.5. The SMILES string of the molecule is CCCCc1nc(C)c(CCC)c(=O)n1Cc1ccc(-c2ccccc2-c2nn[nH]n2)cc1. The van der Waals surface area contributed by atoms with Gasteiger partial charge in [0.25, 0.3) is 5.56 Å². The maximum Gasteiger partial charge on any atom is 0.257 e. The van der Waals surface area contributed by atoms with Crippen LogP contribution >= 0.6 is 0 Å². The van der Waals surface area contributed by atoms with Crippen LogP contribution in [0.15, 0.2) is 53.3 Å². The van der Waals surface area contributed by atoms with Gasteiger partial charge in [0.1, 0.15) is 5.82 Å². The molecule has 170 valence electrons. The number of H-pyrrole nitrogens is 1. The fourth-order valence-corrected chi connectivity index (χ4v) is 4.16. The van der Waals surface area contributed by atoms with Gasteiger partial charge < -0.3 is 0 Å². The molecule has 0 saturated carbocycles. The molecule has 0 amide bonds. The lowest BCUT2D eigenvalue weighted by atomic mass is 9.98. The molecular weight excluding hydrogens is 412 g/mol. The molecule has 7 nitrogen and oxygen atoms in total. The average molecular weight is 443 g/mol. The standard InChI is InChI=1S/C26H30N6O/c1-4-6-12-24-27-18(3)21(9-5-2)26(33)32(24)17-19-13-15-20(16-14-19)22-10-7-8-11-23(22)25-28-30-31-29-25/h7-8,10-11,13-16H,4-6,9,12,17H2,1-3H3,(H,28,29,30,31). The first-order valence-electron chi connectivity index (χ1n) is 11.6. The number of aromatic nitrogens is 6. The summed E-state index contributed by atoms with van der Waals surface area (Å²) in [6.45, 7) is 6.74. The van der Waals surface area contributed by atoms with E-state index in [0.29, 0.717) is 12.4 Å². The number of nitrogens with zero attached hydrogens (tertiary/aromatic N) is 5. The van der Waals surface area contributed by atoms with Gasteiger partial charge in [0, 0.05) is 23.2 Å². The van der Waals surface area contributed by atoms with E-state index in [0.717, 1.165) is 71.4 Å². The third-order valence-electron chi connectivity index (χ3n) is 5.92. The molecule has 0 aliphatic heterocycles. The molecule has 4 aromatic rings. The Morgan fingerprint density at radius 2 is 1.70 bits per heavy atom. The summed E-state index contributed by atoms with van der Waals surface area (Å²) in [5.74, 6) is 1.45. The maximum absolute atomic E-state index is 13.3. The normalized spacial score (nSPS) is 11.1. The van der Waals surface area contributed by atoms with E-state index in [2.05, 4.69) is 64.8 Å². The van der Waals surface area contributed by atoms with Gasteiger partial charge in [-0.15, -0.1) is 10.2 Å². The van der Waals surface area contributed by atoms with E-state index in [4.69, 9.17) is 4.98 Å². The Hall–Kier alpha value is -3.61. The van der Waals surface area contributed by atoms with Gasteiger partial charge in [-0.2, -0.15) is 5.21 Å². The van der Waals surface area contributed by atoms with E-state index in [1.165, 1.54) is 0 Å². The molecule has 2 aromatic heterocycles. The van der Waals surface area contributed by atoms with Crippen molar-refractivity contribution in [3.63, 3.8) is 0 Å². The summed E-state index contributed by atoms with van der Waals surface area (Å²) >= 11 is 0. The van der Waals surface area contributed by atoms with Crippen molar-refractivity contribution in [1.29, 1.82) is 0 Å². The number of aromatic amines is 1. The number of hydrogen-bond acceptors (Lipinski definition) is 5. The number of hydrogen-bond donors (Lipinski definition) is 1. The van der Waals surface area contributed by atoms with Gasteiger partial charge in [-0.05, 0) is 41.7 Å². The van der Waals surface area contributed by atoms with Crippen molar-refractivity contribution in [2.75, 3.05) is 0 Å². The topological polar surface area (TPSA) is 89.4 Å².